The van der Waals surface area contributed by atoms with Gasteiger partial charge in [-0.25, -0.2) is 0 Å². The van der Waals surface area contributed by atoms with Gasteiger partial charge in [-0.1, -0.05) is 6.92 Å². The lowest BCUT2D eigenvalue weighted by molar-refractivity contribution is 0.100. The number of amides is 1. The lowest BCUT2D eigenvalue weighted by Crippen LogP contribution is -2.11. The number of nitrogens with two attached hydrogens (primary N) is 1. The van der Waals surface area contributed by atoms with E-state index in [9.17, 15) is 9.36 Å². The lowest BCUT2D eigenvalue weighted by Gasteiger charge is -1.98. The molecule has 69 valence electrons. The summed E-state index contributed by atoms with van der Waals surface area (Å²) in [5.41, 5.74) is 5.51. The molecule has 1 aromatic rings. The molecule has 2 N–H and O–H groups in total. The number of rotatable bonds is 3. The molecule has 3 nitrogen and oxygen atoms in total. The van der Waals surface area contributed by atoms with Gasteiger partial charge in [0.2, 0.25) is 5.91 Å². The molecule has 1 aromatic carbocycles. The number of carbonyl (C=O) groups is 1. The highest BCUT2D eigenvalue weighted by Crippen LogP contribution is 2.18. The predicted octanol–water partition coefficient (Wildman–Crippen LogP) is 1.26. The second kappa shape index (κ2) is 4.15. The summed E-state index contributed by atoms with van der Waals surface area (Å²) in [6.07, 6.45) is 0.616. The van der Waals surface area contributed by atoms with Crippen LogP contribution < -0.4 is 11.0 Å². The predicted molar refractivity (Wildman–Crippen MR) is 52.7 cm³/mol. The Balaban J connectivity index is 2.93. The summed E-state index contributed by atoms with van der Waals surface area (Å²) >= 11 is 0. The van der Waals surface area contributed by atoms with Crippen molar-refractivity contribution in [3.8, 4) is 0 Å². The molecular formula is C9H11NO2P. The number of hydrogen-bond donors (Lipinski definition) is 1. The van der Waals surface area contributed by atoms with Crippen LogP contribution in [0.1, 0.15) is 17.3 Å². The van der Waals surface area contributed by atoms with Gasteiger partial charge < -0.3 is 5.73 Å². The molecule has 0 aromatic heterocycles. The Morgan fingerprint density at radius 2 is 1.92 bits per heavy atom. The lowest BCUT2D eigenvalue weighted by atomic mass is 10.2. The summed E-state index contributed by atoms with van der Waals surface area (Å²) in [4.78, 5) is 10.7. The van der Waals surface area contributed by atoms with Gasteiger partial charge in [-0.15, -0.1) is 0 Å². The van der Waals surface area contributed by atoms with Crippen molar-refractivity contribution < 1.29 is 9.36 Å². The van der Waals surface area contributed by atoms with E-state index in [1.807, 2.05) is 6.92 Å². The average Bonchev–Trinajstić information content (AvgIpc) is 2.17. The molecule has 0 heterocycles. The minimum absolute atomic E-state index is 0.447. The standard InChI is InChI=1S/C9H11NO2P/c1-2-13(12)8-5-3-7(4-6-8)9(10)11/h3-6H,2H2,1H3,(H2,10,11). The molecule has 1 atom stereocenters. The van der Waals surface area contributed by atoms with E-state index in [-0.39, 0.29) is 0 Å². The topological polar surface area (TPSA) is 60.2 Å². The molecular weight excluding hydrogens is 185 g/mol. The second-order valence-corrected chi connectivity index (χ2v) is 4.51. The fourth-order valence-corrected chi connectivity index (χ4v) is 1.82. The van der Waals surface area contributed by atoms with Crippen LogP contribution in [0.5, 0.6) is 0 Å². The molecule has 13 heavy (non-hydrogen) atoms. The monoisotopic (exact) mass is 196 g/mol. The minimum atomic E-state index is -1.31. The van der Waals surface area contributed by atoms with Crippen LogP contribution >= 0.6 is 7.80 Å². The van der Waals surface area contributed by atoms with Gasteiger partial charge in [-0.05, 0) is 24.3 Å². The van der Waals surface area contributed by atoms with Crippen LogP contribution in [0.25, 0.3) is 0 Å². The SMILES string of the molecule is CC[P](=O)c1ccc(C(N)=O)cc1. The van der Waals surface area contributed by atoms with Gasteiger partial charge in [0, 0.05) is 17.0 Å². The molecule has 0 bridgehead atoms. The Morgan fingerprint density at radius 3 is 2.31 bits per heavy atom. The summed E-state index contributed by atoms with van der Waals surface area (Å²) in [5.74, 6) is -0.460. The summed E-state index contributed by atoms with van der Waals surface area (Å²) in [7, 11) is -1.31. The number of benzene rings is 1. The molecule has 0 saturated heterocycles. The van der Waals surface area contributed by atoms with Crippen molar-refractivity contribution in [2.45, 2.75) is 6.92 Å². The van der Waals surface area contributed by atoms with Gasteiger partial charge in [0.1, 0.15) is 7.80 Å². The molecule has 0 aliphatic carbocycles. The van der Waals surface area contributed by atoms with Gasteiger partial charge in [-0.3, -0.25) is 9.36 Å². The van der Waals surface area contributed by atoms with Crippen molar-refractivity contribution in [2.24, 2.45) is 5.73 Å². The maximum absolute atomic E-state index is 11.3. The van der Waals surface area contributed by atoms with Crippen molar-refractivity contribution in [1.29, 1.82) is 0 Å². The first-order valence-corrected chi connectivity index (χ1v) is 5.44. The van der Waals surface area contributed by atoms with E-state index in [0.29, 0.717) is 11.7 Å². The first kappa shape index (κ1) is 9.87. The van der Waals surface area contributed by atoms with E-state index >= 15 is 0 Å². The van der Waals surface area contributed by atoms with Crippen LogP contribution in [0.2, 0.25) is 0 Å². The third-order valence-electron chi connectivity index (χ3n) is 1.73. The first-order chi connectivity index (χ1) is 6.15. The molecule has 1 radical (unpaired) electrons. The summed E-state index contributed by atoms with van der Waals surface area (Å²) in [5, 5.41) is 0.766. The Labute approximate surface area is 77.7 Å². The number of hydrogen-bond acceptors (Lipinski definition) is 2. The Kier molecular flexibility index (Phi) is 3.15. The fourth-order valence-electron chi connectivity index (χ4n) is 0.975. The van der Waals surface area contributed by atoms with Crippen LogP contribution in [-0.2, 0) is 4.57 Å². The molecule has 4 heteroatoms. The van der Waals surface area contributed by atoms with Crippen LogP contribution in [0.3, 0.4) is 0 Å². The van der Waals surface area contributed by atoms with Crippen molar-refractivity contribution in [3.05, 3.63) is 29.8 Å². The third kappa shape index (κ3) is 2.36. The summed E-state index contributed by atoms with van der Waals surface area (Å²) in [6.45, 7) is 1.86. The first-order valence-electron chi connectivity index (χ1n) is 3.99. The molecule has 1 rings (SSSR count). The molecule has 0 spiro atoms. The highest BCUT2D eigenvalue weighted by molar-refractivity contribution is 7.53. The van der Waals surface area contributed by atoms with Crippen LogP contribution in [-0.4, -0.2) is 12.1 Å². The minimum Gasteiger partial charge on any atom is -0.366 e. The highest BCUT2D eigenvalue weighted by atomic mass is 31.1. The van der Waals surface area contributed by atoms with Crippen molar-refractivity contribution in [1.82, 2.24) is 0 Å². The molecule has 0 fully saturated rings. The highest BCUT2D eigenvalue weighted by Gasteiger charge is 2.03. The second-order valence-electron chi connectivity index (χ2n) is 2.61. The average molecular weight is 196 g/mol. The van der Waals surface area contributed by atoms with Crippen LogP contribution in [0.4, 0.5) is 0 Å². The van der Waals surface area contributed by atoms with E-state index in [2.05, 4.69) is 0 Å². The molecule has 0 aliphatic rings. The maximum atomic E-state index is 11.3. The summed E-state index contributed by atoms with van der Waals surface area (Å²) < 4.78 is 11.3. The summed E-state index contributed by atoms with van der Waals surface area (Å²) in [6, 6.07) is 6.56. The third-order valence-corrected chi connectivity index (χ3v) is 3.18. The van der Waals surface area contributed by atoms with Gasteiger partial charge >= 0.3 is 0 Å². The molecule has 0 saturated carbocycles. The van der Waals surface area contributed by atoms with Crippen molar-refractivity contribution >= 4 is 19.0 Å². The van der Waals surface area contributed by atoms with Gasteiger partial charge in [0.05, 0.1) is 0 Å². The Bertz CT molecular complexity index is 332. The number of primary amides is 1. The van der Waals surface area contributed by atoms with E-state index in [1.165, 1.54) is 0 Å². The van der Waals surface area contributed by atoms with Crippen molar-refractivity contribution in [2.75, 3.05) is 6.16 Å². The zero-order chi connectivity index (χ0) is 9.84. The van der Waals surface area contributed by atoms with E-state index < -0.39 is 13.7 Å². The largest absolute Gasteiger partial charge is 0.366 e. The normalized spacial score (nSPS) is 11.0. The fraction of sp³-hybridized carbons (Fsp3) is 0.222. The Hall–Kier alpha value is -1.21. The van der Waals surface area contributed by atoms with Crippen LogP contribution in [0, 0.1) is 0 Å². The van der Waals surface area contributed by atoms with Gasteiger partial charge in [-0.2, -0.15) is 0 Å². The smallest absolute Gasteiger partial charge is 0.248 e. The quantitative estimate of drug-likeness (QED) is 0.739. The van der Waals surface area contributed by atoms with E-state index in [4.69, 9.17) is 5.73 Å². The molecule has 0 aliphatic heterocycles. The van der Waals surface area contributed by atoms with E-state index in [0.717, 1.165) is 5.30 Å². The molecule has 1 unspecified atom stereocenters. The van der Waals surface area contributed by atoms with Gasteiger partial charge in [0.25, 0.3) is 0 Å². The zero-order valence-corrected chi connectivity index (χ0v) is 8.25. The zero-order valence-electron chi connectivity index (χ0n) is 7.36. The van der Waals surface area contributed by atoms with Gasteiger partial charge in [0.15, 0.2) is 0 Å². The maximum Gasteiger partial charge on any atom is 0.248 e. The van der Waals surface area contributed by atoms with E-state index in [1.54, 1.807) is 24.3 Å². The molecule has 1 amide bonds. The van der Waals surface area contributed by atoms with Crippen LogP contribution in [0.15, 0.2) is 24.3 Å². The Morgan fingerprint density at radius 1 is 1.38 bits per heavy atom. The number of carbonyl (C=O) groups excluding carboxylic acids is 1. The van der Waals surface area contributed by atoms with Crippen molar-refractivity contribution in [3.63, 3.8) is 0 Å².